The molecule has 1 heterocycles. The van der Waals surface area contributed by atoms with E-state index in [1.807, 2.05) is 30.8 Å². The van der Waals surface area contributed by atoms with Gasteiger partial charge in [0.1, 0.15) is 11.6 Å². The number of nitrogens with one attached hydrogen (secondary N) is 2. The van der Waals surface area contributed by atoms with Crippen LogP contribution in [0.5, 0.6) is 0 Å². The van der Waals surface area contributed by atoms with Gasteiger partial charge >= 0.3 is 0 Å². The van der Waals surface area contributed by atoms with E-state index in [1.54, 1.807) is 24.9 Å². The van der Waals surface area contributed by atoms with E-state index in [0.717, 1.165) is 41.6 Å². The Kier molecular flexibility index (Phi) is 8.32. The van der Waals surface area contributed by atoms with E-state index in [1.165, 1.54) is 11.6 Å². The van der Waals surface area contributed by atoms with Crippen LogP contribution in [0, 0.1) is 5.82 Å². The van der Waals surface area contributed by atoms with Crippen LogP contribution >= 0.6 is 11.8 Å². The monoisotopic (exact) mass is 425 g/mol. The minimum atomic E-state index is -0.198. The van der Waals surface area contributed by atoms with E-state index in [2.05, 4.69) is 49.4 Å². The van der Waals surface area contributed by atoms with Crippen molar-refractivity contribution in [1.29, 1.82) is 0 Å². The first-order chi connectivity index (χ1) is 14.7. The fourth-order valence-electron chi connectivity index (χ4n) is 3.24. The van der Waals surface area contributed by atoms with E-state index in [0.29, 0.717) is 13.1 Å². The predicted octanol–water partition coefficient (Wildman–Crippen LogP) is 3.84. The van der Waals surface area contributed by atoms with Crippen molar-refractivity contribution in [3.8, 4) is 0 Å². The van der Waals surface area contributed by atoms with E-state index in [4.69, 9.17) is 0 Å². The summed E-state index contributed by atoms with van der Waals surface area (Å²) >= 11 is 1.68. The van der Waals surface area contributed by atoms with Crippen molar-refractivity contribution in [3.05, 3.63) is 89.3 Å². The molecule has 0 saturated heterocycles. The molecular weight excluding hydrogens is 397 g/mol. The second kappa shape index (κ2) is 11.4. The van der Waals surface area contributed by atoms with Crippen LogP contribution in [0.2, 0.25) is 0 Å². The molecule has 3 aromatic rings. The third-order valence-electron chi connectivity index (χ3n) is 4.78. The van der Waals surface area contributed by atoms with Gasteiger partial charge in [0.25, 0.3) is 0 Å². The largest absolute Gasteiger partial charge is 0.356 e. The lowest BCUT2D eigenvalue weighted by Crippen LogP contribution is -2.38. The second-order valence-corrected chi connectivity index (χ2v) is 7.77. The minimum Gasteiger partial charge on any atom is -0.356 e. The standard InChI is InChI=1S/C23H28FN5S/c1-25-23(28-15-19-8-9-21(24)14-20(19)17-30-2)27-11-10-22-26-12-13-29(22)16-18-6-4-3-5-7-18/h3-9,12-14H,10-11,15-17H2,1-2H3,(H2,25,27,28). The Morgan fingerprint density at radius 3 is 2.73 bits per heavy atom. The molecule has 1 aromatic heterocycles. The van der Waals surface area contributed by atoms with Gasteiger partial charge < -0.3 is 15.2 Å². The van der Waals surface area contributed by atoms with Gasteiger partial charge in [-0.1, -0.05) is 36.4 Å². The smallest absolute Gasteiger partial charge is 0.191 e. The first kappa shape index (κ1) is 21.9. The zero-order chi connectivity index (χ0) is 21.2. The highest BCUT2D eigenvalue weighted by molar-refractivity contribution is 7.97. The van der Waals surface area contributed by atoms with Crippen LogP contribution in [0.25, 0.3) is 0 Å². The molecule has 0 aliphatic heterocycles. The lowest BCUT2D eigenvalue weighted by Gasteiger charge is -2.14. The fraction of sp³-hybridized carbons (Fsp3) is 0.304. The molecule has 0 aliphatic rings. The Bertz CT molecular complexity index is 955. The minimum absolute atomic E-state index is 0.198. The number of hydrogen-bond acceptors (Lipinski definition) is 3. The Morgan fingerprint density at radius 1 is 1.13 bits per heavy atom. The van der Waals surface area contributed by atoms with Gasteiger partial charge in [0, 0.05) is 51.2 Å². The summed E-state index contributed by atoms with van der Waals surface area (Å²) in [5, 5.41) is 6.66. The summed E-state index contributed by atoms with van der Waals surface area (Å²) < 4.78 is 15.7. The maximum Gasteiger partial charge on any atom is 0.191 e. The van der Waals surface area contributed by atoms with Crippen LogP contribution in [-0.2, 0) is 25.3 Å². The Morgan fingerprint density at radius 2 is 1.97 bits per heavy atom. The van der Waals surface area contributed by atoms with Gasteiger partial charge in [-0.25, -0.2) is 9.37 Å². The molecule has 0 aliphatic carbocycles. The van der Waals surface area contributed by atoms with Gasteiger partial charge in [0.2, 0.25) is 0 Å². The molecule has 2 aromatic carbocycles. The number of benzene rings is 2. The number of guanidine groups is 1. The van der Waals surface area contributed by atoms with Crippen molar-refractivity contribution in [2.75, 3.05) is 19.8 Å². The van der Waals surface area contributed by atoms with Gasteiger partial charge in [-0.05, 0) is 35.1 Å². The molecule has 0 saturated carbocycles. The highest BCUT2D eigenvalue weighted by Crippen LogP contribution is 2.16. The van der Waals surface area contributed by atoms with Crippen molar-refractivity contribution in [2.45, 2.75) is 25.3 Å². The number of aliphatic imine (C=N–C) groups is 1. The second-order valence-electron chi connectivity index (χ2n) is 6.91. The lowest BCUT2D eigenvalue weighted by molar-refractivity contribution is 0.625. The Balaban J connectivity index is 1.51. The maximum atomic E-state index is 13.5. The highest BCUT2D eigenvalue weighted by atomic mass is 32.2. The summed E-state index contributed by atoms with van der Waals surface area (Å²) in [5.41, 5.74) is 3.34. The molecule has 2 N–H and O–H groups in total. The summed E-state index contributed by atoms with van der Waals surface area (Å²) in [6, 6.07) is 15.3. The zero-order valence-corrected chi connectivity index (χ0v) is 18.3. The Hall–Kier alpha value is -2.80. The van der Waals surface area contributed by atoms with Crippen molar-refractivity contribution in [1.82, 2.24) is 20.2 Å². The lowest BCUT2D eigenvalue weighted by atomic mass is 10.1. The van der Waals surface area contributed by atoms with Gasteiger partial charge in [-0.3, -0.25) is 4.99 Å². The average molecular weight is 426 g/mol. The van der Waals surface area contributed by atoms with Gasteiger partial charge in [0.15, 0.2) is 5.96 Å². The molecule has 0 bridgehead atoms. The SMILES string of the molecule is CN=C(NCCc1nccn1Cc1ccccc1)NCc1ccc(F)cc1CSC. The van der Waals surface area contributed by atoms with Crippen LogP contribution in [0.1, 0.15) is 22.5 Å². The van der Waals surface area contributed by atoms with Crippen LogP contribution in [0.3, 0.4) is 0 Å². The number of hydrogen-bond donors (Lipinski definition) is 2. The molecule has 0 unspecified atom stereocenters. The number of aromatic nitrogens is 2. The Labute approximate surface area is 181 Å². The number of nitrogens with zero attached hydrogens (tertiary/aromatic N) is 3. The average Bonchev–Trinajstić information content (AvgIpc) is 3.19. The highest BCUT2D eigenvalue weighted by Gasteiger charge is 2.07. The van der Waals surface area contributed by atoms with E-state index < -0.39 is 0 Å². The normalized spacial score (nSPS) is 11.5. The van der Waals surface area contributed by atoms with Crippen molar-refractivity contribution in [2.24, 2.45) is 4.99 Å². The number of thioether (sulfide) groups is 1. The third-order valence-corrected chi connectivity index (χ3v) is 5.38. The van der Waals surface area contributed by atoms with E-state index >= 15 is 0 Å². The molecular formula is C23H28FN5S. The third kappa shape index (κ3) is 6.35. The summed E-state index contributed by atoms with van der Waals surface area (Å²) in [6.07, 6.45) is 6.66. The number of imidazole rings is 1. The number of rotatable bonds is 9. The molecule has 0 fully saturated rings. The quantitative estimate of drug-likeness (QED) is 0.404. The summed E-state index contributed by atoms with van der Waals surface area (Å²) in [5.74, 6) is 2.33. The van der Waals surface area contributed by atoms with Gasteiger partial charge in [0.05, 0.1) is 0 Å². The number of halogens is 1. The molecule has 5 nitrogen and oxygen atoms in total. The molecule has 0 radical (unpaired) electrons. The van der Waals surface area contributed by atoms with Gasteiger partial charge in [-0.15, -0.1) is 0 Å². The first-order valence-corrected chi connectivity index (χ1v) is 11.3. The van der Waals surface area contributed by atoms with Gasteiger partial charge in [-0.2, -0.15) is 11.8 Å². The maximum absolute atomic E-state index is 13.5. The predicted molar refractivity (Wildman–Crippen MR) is 123 cm³/mol. The summed E-state index contributed by atoms with van der Waals surface area (Å²) in [6.45, 7) is 2.12. The fourth-order valence-corrected chi connectivity index (χ4v) is 3.82. The van der Waals surface area contributed by atoms with Crippen molar-refractivity contribution < 1.29 is 4.39 Å². The molecule has 7 heteroatoms. The topological polar surface area (TPSA) is 54.2 Å². The van der Waals surface area contributed by atoms with Crippen molar-refractivity contribution >= 4 is 17.7 Å². The van der Waals surface area contributed by atoms with E-state index in [9.17, 15) is 4.39 Å². The van der Waals surface area contributed by atoms with Crippen LogP contribution in [-0.4, -0.2) is 35.4 Å². The van der Waals surface area contributed by atoms with Crippen LogP contribution in [0.4, 0.5) is 4.39 Å². The molecule has 0 atom stereocenters. The first-order valence-electron chi connectivity index (χ1n) is 9.94. The van der Waals surface area contributed by atoms with Crippen LogP contribution < -0.4 is 10.6 Å². The molecule has 0 spiro atoms. The van der Waals surface area contributed by atoms with Crippen molar-refractivity contribution in [3.63, 3.8) is 0 Å². The summed E-state index contributed by atoms with van der Waals surface area (Å²) in [4.78, 5) is 8.79. The molecule has 158 valence electrons. The molecule has 3 rings (SSSR count). The summed E-state index contributed by atoms with van der Waals surface area (Å²) in [7, 11) is 1.75. The zero-order valence-electron chi connectivity index (χ0n) is 17.4. The van der Waals surface area contributed by atoms with E-state index in [-0.39, 0.29) is 5.82 Å². The van der Waals surface area contributed by atoms with Crippen LogP contribution in [0.15, 0.2) is 65.9 Å². The molecule has 30 heavy (non-hydrogen) atoms. The molecule has 0 amide bonds.